The Balaban J connectivity index is 2.33. The minimum atomic E-state index is -0.564. The molecule has 124 valence electrons. The Labute approximate surface area is 136 Å². The predicted molar refractivity (Wildman–Crippen MR) is 88.4 cm³/mol. The SMILES string of the molecule is Cc1nc(-c2cnn(C(=O)OC(C)(C)C)c2)nc(C)c1C(C)C. The van der Waals surface area contributed by atoms with Gasteiger partial charge in [-0.1, -0.05) is 13.8 Å². The smallest absolute Gasteiger partial charge is 0.435 e. The first-order valence-electron chi connectivity index (χ1n) is 7.72. The van der Waals surface area contributed by atoms with Crippen LogP contribution in [0, 0.1) is 13.8 Å². The lowest BCUT2D eigenvalue weighted by Crippen LogP contribution is -2.27. The zero-order valence-corrected chi connectivity index (χ0v) is 14.8. The van der Waals surface area contributed by atoms with E-state index in [0.717, 1.165) is 17.0 Å². The van der Waals surface area contributed by atoms with Crippen LogP contribution >= 0.6 is 0 Å². The van der Waals surface area contributed by atoms with Gasteiger partial charge < -0.3 is 4.74 Å². The van der Waals surface area contributed by atoms with Gasteiger partial charge in [0, 0.05) is 17.6 Å². The number of hydrogen-bond acceptors (Lipinski definition) is 5. The second-order valence-electron chi connectivity index (χ2n) is 6.94. The lowest BCUT2D eigenvalue weighted by molar-refractivity contribution is 0.0514. The van der Waals surface area contributed by atoms with Crippen molar-refractivity contribution in [2.75, 3.05) is 0 Å². The molecule has 0 spiro atoms. The molecule has 2 rings (SSSR count). The molecule has 0 bridgehead atoms. The van der Waals surface area contributed by atoms with Gasteiger partial charge in [0.05, 0.1) is 11.8 Å². The molecule has 6 nitrogen and oxygen atoms in total. The molecule has 0 unspecified atom stereocenters. The van der Waals surface area contributed by atoms with Gasteiger partial charge in [-0.3, -0.25) is 0 Å². The van der Waals surface area contributed by atoms with Gasteiger partial charge in [-0.15, -0.1) is 0 Å². The van der Waals surface area contributed by atoms with Crippen LogP contribution in [0.2, 0.25) is 0 Å². The average molecular weight is 316 g/mol. The summed E-state index contributed by atoms with van der Waals surface area (Å²) in [5, 5.41) is 4.06. The molecule has 2 aromatic heterocycles. The van der Waals surface area contributed by atoms with E-state index >= 15 is 0 Å². The van der Waals surface area contributed by atoms with Gasteiger partial charge in [-0.25, -0.2) is 14.8 Å². The van der Waals surface area contributed by atoms with Crippen molar-refractivity contribution < 1.29 is 9.53 Å². The number of aromatic nitrogens is 4. The highest BCUT2D eigenvalue weighted by Gasteiger charge is 2.20. The van der Waals surface area contributed by atoms with Crippen molar-refractivity contribution in [1.29, 1.82) is 0 Å². The van der Waals surface area contributed by atoms with Crippen LogP contribution in [0.3, 0.4) is 0 Å². The molecule has 0 N–H and O–H groups in total. The van der Waals surface area contributed by atoms with E-state index in [1.54, 1.807) is 12.4 Å². The molecular formula is C17H24N4O2. The molecule has 0 saturated heterocycles. The van der Waals surface area contributed by atoms with Gasteiger partial charge in [0.15, 0.2) is 5.82 Å². The first-order chi connectivity index (χ1) is 10.6. The Bertz CT molecular complexity index is 703. The van der Waals surface area contributed by atoms with Crippen LogP contribution in [0.1, 0.15) is 57.5 Å². The Hall–Kier alpha value is -2.24. The van der Waals surface area contributed by atoms with Crippen molar-refractivity contribution in [1.82, 2.24) is 19.7 Å². The minimum Gasteiger partial charge on any atom is -0.442 e. The summed E-state index contributed by atoms with van der Waals surface area (Å²) >= 11 is 0. The number of rotatable bonds is 2. The highest BCUT2D eigenvalue weighted by Crippen LogP contribution is 2.24. The summed E-state index contributed by atoms with van der Waals surface area (Å²) < 4.78 is 6.46. The van der Waals surface area contributed by atoms with Crippen molar-refractivity contribution in [2.24, 2.45) is 0 Å². The molecule has 2 aromatic rings. The Morgan fingerprint density at radius 2 is 1.74 bits per heavy atom. The van der Waals surface area contributed by atoms with Crippen LogP contribution in [0.4, 0.5) is 4.79 Å². The molecule has 0 amide bonds. The van der Waals surface area contributed by atoms with E-state index in [-0.39, 0.29) is 0 Å². The lowest BCUT2D eigenvalue weighted by atomic mass is 10.00. The number of carbonyl (C=O) groups excluding carboxylic acids is 1. The molecule has 0 atom stereocenters. The number of ether oxygens (including phenoxy) is 1. The number of nitrogens with zero attached hydrogens (tertiary/aromatic N) is 4. The van der Waals surface area contributed by atoms with Gasteiger partial charge in [-0.05, 0) is 46.1 Å². The van der Waals surface area contributed by atoms with Crippen LogP contribution in [0.25, 0.3) is 11.4 Å². The standard InChI is InChI=1S/C17H24N4O2/c1-10(2)14-11(3)19-15(20-12(14)4)13-8-18-21(9-13)16(22)23-17(5,6)7/h8-10H,1-7H3. The molecule has 6 heteroatoms. The van der Waals surface area contributed by atoms with E-state index in [0.29, 0.717) is 17.3 Å². The van der Waals surface area contributed by atoms with E-state index in [2.05, 4.69) is 28.9 Å². The third-order valence-corrected chi connectivity index (χ3v) is 3.33. The maximum atomic E-state index is 12.0. The van der Waals surface area contributed by atoms with Gasteiger partial charge in [0.25, 0.3) is 0 Å². The molecule has 0 saturated carbocycles. The topological polar surface area (TPSA) is 69.9 Å². The van der Waals surface area contributed by atoms with E-state index in [1.807, 2.05) is 34.6 Å². The van der Waals surface area contributed by atoms with E-state index in [1.165, 1.54) is 4.68 Å². The van der Waals surface area contributed by atoms with Crippen LogP contribution in [-0.4, -0.2) is 31.4 Å². The van der Waals surface area contributed by atoms with Crippen LogP contribution in [0.5, 0.6) is 0 Å². The molecule has 0 aliphatic heterocycles. The lowest BCUT2D eigenvalue weighted by Gasteiger charge is -2.18. The van der Waals surface area contributed by atoms with Crippen molar-refractivity contribution in [3.63, 3.8) is 0 Å². The summed E-state index contributed by atoms with van der Waals surface area (Å²) in [5.41, 5.74) is 3.19. The summed E-state index contributed by atoms with van der Waals surface area (Å²) in [6, 6.07) is 0. The zero-order valence-electron chi connectivity index (χ0n) is 14.8. The van der Waals surface area contributed by atoms with Crippen LogP contribution in [0.15, 0.2) is 12.4 Å². The van der Waals surface area contributed by atoms with Crippen molar-refractivity contribution in [3.05, 3.63) is 29.3 Å². The second-order valence-corrected chi connectivity index (χ2v) is 6.94. The zero-order chi connectivity index (χ0) is 17.4. The van der Waals surface area contributed by atoms with Gasteiger partial charge in [-0.2, -0.15) is 9.78 Å². The van der Waals surface area contributed by atoms with E-state index < -0.39 is 11.7 Å². The molecule has 0 aliphatic rings. The number of carbonyl (C=O) groups is 1. The van der Waals surface area contributed by atoms with E-state index in [4.69, 9.17) is 4.74 Å². The van der Waals surface area contributed by atoms with Crippen LogP contribution in [-0.2, 0) is 4.74 Å². The summed E-state index contributed by atoms with van der Waals surface area (Å²) in [6.07, 6.45) is 2.65. The monoisotopic (exact) mass is 316 g/mol. The highest BCUT2D eigenvalue weighted by molar-refractivity contribution is 5.71. The van der Waals surface area contributed by atoms with E-state index in [9.17, 15) is 4.79 Å². The summed E-state index contributed by atoms with van der Waals surface area (Å²) in [7, 11) is 0. The number of hydrogen-bond donors (Lipinski definition) is 0. The summed E-state index contributed by atoms with van der Waals surface area (Å²) in [4.78, 5) is 21.1. The fourth-order valence-corrected chi connectivity index (χ4v) is 2.54. The Morgan fingerprint density at radius 3 is 2.22 bits per heavy atom. The third-order valence-electron chi connectivity index (χ3n) is 3.33. The number of aryl methyl sites for hydroxylation is 2. The third kappa shape index (κ3) is 3.94. The Morgan fingerprint density at radius 1 is 1.17 bits per heavy atom. The highest BCUT2D eigenvalue weighted by atomic mass is 16.6. The van der Waals surface area contributed by atoms with Crippen molar-refractivity contribution >= 4 is 6.09 Å². The summed E-state index contributed by atoms with van der Waals surface area (Å²) in [6.45, 7) is 13.6. The predicted octanol–water partition coefficient (Wildman–Crippen LogP) is 3.86. The molecule has 0 fully saturated rings. The fourth-order valence-electron chi connectivity index (χ4n) is 2.54. The fraction of sp³-hybridized carbons (Fsp3) is 0.529. The van der Waals surface area contributed by atoms with Crippen molar-refractivity contribution in [2.45, 2.75) is 60.0 Å². The second kappa shape index (κ2) is 6.10. The molecule has 0 radical (unpaired) electrons. The maximum absolute atomic E-state index is 12.0. The van der Waals surface area contributed by atoms with Gasteiger partial charge in [0.1, 0.15) is 5.60 Å². The Kier molecular flexibility index (Phi) is 4.54. The first kappa shape index (κ1) is 17.1. The maximum Gasteiger partial charge on any atom is 0.435 e. The van der Waals surface area contributed by atoms with Crippen LogP contribution < -0.4 is 0 Å². The molecule has 0 aliphatic carbocycles. The normalized spacial score (nSPS) is 11.8. The largest absolute Gasteiger partial charge is 0.442 e. The molecule has 2 heterocycles. The minimum absolute atomic E-state index is 0.369. The molecular weight excluding hydrogens is 292 g/mol. The van der Waals surface area contributed by atoms with Gasteiger partial charge >= 0.3 is 6.09 Å². The first-order valence-corrected chi connectivity index (χ1v) is 7.72. The quantitative estimate of drug-likeness (QED) is 0.841. The average Bonchev–Trinajstić information content (AvgIpc) is 2.84. The molecule has 23 heavy (non-hydrogen) atoms. The van der Waals surface area contributed by atoms with Crippen molar-refractivity contribution in [3.8, 4) is 11.4 Å². The molecule has 0 aromatic carbocycles. The summed E-state index contributed by atoms with van der Waals surface area (Å²) in [5.74, 6) is 0.938. The van der Waals surface area contributed by atoms with Gasteiger partial charge in [0.2, 0.25) is 0 Å².